The summed E-state index contributed by atoms with van der Waals surface area (Å²) in [6.45, 7) is 0. The number of esters is 1. The molecule has 2 heterocycles. The van der Waals surface area contributed by atoms with Gasteiger partial charge in [0.05, 0.1) is 12.7 Å². The van der Waals surface area contributed by atoms with E-state index in [0.717, 1.165) is 15.6 Å². The number of halogens is 1. The number of rotatable bonds is 5. The fourth-order valence-electron chi connectivity index (χ4n) is 4.32. The van der Waals surface area contributed by atoms with Gasteiger partial charge in [0.2, 0.25) is 5.78 Å². The lowest BCUT2D eigenvalue weighted by atomic mass is 10.1. The number of carbonyl (C=O) groups excluding carboxylic acids is 2. The topological polar surface area (TPSA) is 75.0 Å². The Bertz CT molecular complexity index is 1750. The van der Waals surface area contributed by atoms with Crippen molar-refractivity contribution in [2.45, 2.75) is 0 Å². The van der Waals surface area contributed by atoms with Crippen LogP contribution in [0.3, 0.4) is 0 Å². The van der Waals surface area contributed by atoms with Gasteiger partial charge >= 0.3 is 5.97 Å². The second-order valence-corrected chi connectivity index (χ2v) is 9.40. The third-order valence-corrected chi connectivity index (χ3v) is 6.90. The van der Waals surface area contributed by atoms with Crippen molar-refractivity contribution in [2.24, 2.45) is 0 Å². The number of hydrogen-bond donors (Lipinski definition) is 0. The van der Waals surface area contributed by atoms with Crippen molar-refractivity contribution in [3.63, 3.8) is 0 Å². The molecule has 0 saturated carbocycles. The minimum Gasteiger partial charge on any atom is -0.497 e. The van der Waals surface area contributed by atoms with E-state index >= 15 is 0 Å². The van der Waals surface area contributed by atoms with Crippen molar-refractivity contribution < 1.29 is 28.2 Å². The molecule has 0 bridgehead atoms. The number of allylic oxidation sites excluding steroid dienone is 1. The Labute approximate surface area is 226 Å². The number of benzene rings is 4. The first-order chi connectivity index (χ1) is 18.5. The molecular weight excluding hydrogens is 548 g/mol. The lowest BCUT2D eigenvalue weighted by Crippen LogP contribution is -2.09. The summed E-state index contributed by atoms with van der Waals surface area (Å²) >= 11 is 3.48. The fourth-order valence-corrected chi connectivity index (χ4v) is 4.72. The zero-order valence-corrected chi connectivity index (χ0v) is 21.7. The van der Waals surface area contributed by atoms with Crippen LogP contribution in [0.15, 0.2) is 106 Å². The van der Waals surface area contributed by atoms with Gasteiger partial charge in [0.1, 0.15) is 34.2 Å². The Kier molecular flexibility index (Phi) is 6.05. The molecule has 0 unspecified atom stereocenters. The minimum absolute atomic E-state index is 0.190. The van der Waals surface area contributed by atoms with E-state index in [1.165, 1.54) is 6.07 Å². The number of ketones is 1. The van der Waals surface area contributed by atoms with E-state index in [-0.39, 0.29) is 22.9 Å². The Morgan fingerprint density at radius 3 is 2.45 bits per heavy atom. The van der Waals surface area contributed by atoms with E-state index in [2.05, 4.69) is 15.9 Å². The summed E-state index contributed by atoms with van der Waals surface area (Å²) in [4.78, 5) is 26.4. The van der Waals surface area contributed by atoms with Crippen molar-refractivity contribution in [3.05, 3.63) is 118 Å². The van der Waals surface area contributed by atoms with Gasteiger partial charge in [0, 0.05) is 21.5 Å². The molecule has 0 N–H and O–H groups in total. The number of fused-ring (bicyclic) bond motifs is 2. The van der Waals surface area contributed by atoms with Gasteiger partial charge in [-0.1, -0.05) is 64.5 Å². The van der Waals surface area contributed by atoms with Crippen LogP contribution in [0.25, 0.3) is 28.4 Å². The molecule has 1 aromatic heterocycles. The van der Waals surface area contributed by atoms with Crippen molar-refractivity contribution in [1.29, 1.82) is 0 Å². The van der Waals surface area contributed by atoms with Crippen LogP contribution in [0.1, 0.15) is 26.3 Å². The van der Waals surface area contributed by atoms with Crippen molar-refractivity contribution >= 4 is 44.7 Å². The second kappa shape index (κ2) is 9.68. The highest BCUT2D eigenvalue weighted by atomic mass is 79.9. The van der Waals surface area contributed by atoms with E-state index in [1.54, 1.807) is 43.5 Å². The highest BCUT2D eigenvalue weighted by molar-refractivity contribution is 9.10. The maximum Gasteiger partial charge on any atom is 0.348 e. The summed E-state index contributed by atoms with van der Waals surface area (Å²) in [5.74, 6) is 0.873. The monoisotopic (exact) mass is 566 g/mol. The molecule has 0 fully saturated rings. The maximum absolute atomic E-state index is 13.5. The zero-order valence-electron chi connectivity index (χ0n) is 20.1. The van der Waals surface area contributed by atoms with E-state index in [1.807, 2.05) is 54.6 Å². The molecule has 5 aromatic rings. The fraction of sp³-hybridized carbons (Fsp3) is 0.0323. The van der Waals surface area contributed by atoms with Gasteiger partial charge in [-0.2, -0.15) is 0 Å². The van der Waals surface area contributed by atoms with E-state index in [4.69, 9.17) is 18.6 Å². The number of ether oxygens (including phenoxy) is 3. The SMILES string of the molecule is COc1ccc2oc(-c3ccccc3)c(C(=O)Oc3ccc4c(c3)O/C(=C\c3ccccc3Br)C4=O)c2c1. The molecule has 4 aromatic carbocycles. The molecule has 38 heavy (non-hydrogen) atoms. The molecule has 1 aliphatic rings. The molecule has 6 nitrogen and oxygen atoms in total. The molecule has 1 aliphatic heterocycles. The first-order valence-corrected chi connectivity index (χ1v) is 12.5. The van der Waals surface area contributed by atoms with E-state index in [0.29, 0.717) is 33.8 Å². The summed E-state index contributed by atoms with van der Waals surface area (Å²) in [6, 6.07) is 26.8. The third-order valence-electron chi connectivity index (χ3n) is 6.18. The van der Waals surface area contributed by atoms with Gasteiger partial charge < -0.3 is 18.6 Å². The standard InChI is InChI=1S/C31H19BrO6/c1-35-20-12-14-25-23(16-20)28(30(38-25)18-7-3-2-4-8-18)31(34)36-21-11-13-22-26(17-21)37-27(29(22)33)15-19-9-5-6-10-24(19)32/h2-17H,1H3/b27-15-. The number of Topliss-reactive ketones (excluding diaryl/α,β-unsaturated/α-hetero) is 1. The molecule has 7 heteroatoms. The highest BCUT2D eigenvalue weighted by Gasteiger charge is 2.29. The van der Waals surface area contributed by atoms with Gasteiger partial charge in [-0.05, 0) is 48.0 Å². The summed E-state index contributed by atoms with van der Waals surface area (Å²) in [6.07, 6.45) is 1.68. The number of methoxy groups -OCH3 is 1. The van der Waals surface area contributed by atoms with Crippen LogP contribution >= 0.6 is 15.9 Å². The van der Waals surface area contributed by atoms with Gasteiger partial charge in [-0.15, -0.1) is 0 Å². The molecular formula is C31H19BrO6. The summed E-state index contributed by atoms with van der Waals surface area (Å²) in [5, 5.41) is 0.569. The molecule has 0 spiro atoms. The molecule has 0 aliphatic carbocycles. The summed E-state index contributed by atoms with van der Waals surface area (Å²) in [5.41, 5.74) is 2.75. The lowest BCUT2D eigenvalue weighted by Gasteiger charge is -2.07. The molecule has 186 valence electrons. The second-order valence-electron chi connectivity index (χ2n) is 8.54. The van der Waals surface area contributed by atoms with Gasteiger partial charge in [-0.3, -0.25) is 4.79 Å². The van der Waals surface area contributed by atoms with Crippen LogP contribution in [-0.4, -0.2) is 18.9 Å². The smallest absolute Gasteiger partial charge is 0.348 e. The normalized spacial score (nSPS) is 13.4. The predicted molar refractivity (Wildman–Crippen MR) is 147 cm³/mol. The molecule has 0 amide bonds. The van der Waals surface area contributed by atoms with E-state index in [9.17, 15) is 9.59 Å². The Balaban J connectivity index is 1.34. The van der Waals surface area contributed by atoms with Crippen molar-refractivity contribution in [3.8, 4) is 28.6 Å². The van der Waals surface area contributed by atoms with Crippen LogP contribution in [0.5, 0.6) is 17.2 Å². The molecule has 0 radical (unpaired) electrons. The molecule has 0 saturated heterocycles. The van der Waals surface area contributed by atoms with E-state index < -0.39 is 5.97 Å². The predicted octanol–water partition coefficient (Wildman–Crippen LogP) is 7.71. The average Bonchev–Trinajstić information content (AvgIpc) is 3.47. The quantitative estimate of drug-likeness (QED) is 0.123. The van der Waals surface area contributed by atoms with Gasteiger partial charge in [0.15, 0.2) is 5.76 Å². The van der Waals surface area contributed by atoms with Crippen LogP contribution in [0.2, 0.25) is 0 Å². The largest absolute Gasteiger partial charge is 0.497 e. The Morgan fingerprint density at radius 2 is 1.66 bits per heavy atom. The van der Waals surface area contributed by atoms with Gasteiger partial charge in [-0.25, -0.2) is 4.79 Å². The molecule has 6 rings (SSSR count). The van der Waals surface area contributed by atoms with Gasteiger partial charge in [0.25, 0.3) is 0 Å². The minimum atomic E-state index is -0.607. The third kappa shape index (κ3) is 4.27. The van der Waals surface area contributed by atoms with Crippen LogP contribution in [0.4, 0.5) is 0 Å². The first-order valence-electron chi connectivity index (χ1n) is 11.7. The molecule has 0 atom stereocenters. The highest BCUT2D eigenvalue weighted by Crippen LogP contribution is 2.38. The van der Waals surface area contributed by atoms with Crippen molar-refractivity contribution in [2.75, 3.05) is 7.11 Å². The first kappa shape index (κ1) is 23.8. The summed E-state index contributed by atoms with van der Waals surface area (Å²) in [7, 11) is 1.56. The number of hydrogen-bond acceptors (Lipinski definition) is 6. The Morgan fingerprint density at radius 1 is 0.895 bits per heavy atom. The van der Waals surface area contributed by atoms with Crippen LogP contribution < -0.4 is 14.2 Å². The average molecular weight is 567 g/mol. The zero-order chi connectivity index (χ0) is 26.2. The van der Waals surface area contributed by atoms with Crippen LogP contribution in [-0.2, 0) is 0 Å². The van der Waals surface area contributed by atoms with Crippen molar-refractivity contribution in [1.82, 2.24) is 0 Å². The lowest BCUT2D eigenvalue weighted by molar-refractivity contribution is 0.0736. The summed E-state index contributed by atoms with van der Waals surface area (Å²) < 4.78 is 23.9. The Hall–Kier alpha value is -4.62. The number of carbonyl (C=O) groups is 2. The van der Waals surface area contributed by atoms with Crippen LogP contribution in [0, 0.1) is 0 Å². The maximum atomic E-state index is 13.5. The number of furan rings is 1.